The number of hydrogen-bond acceptors (Lipinski definition) is 4. The molecule has 0 saturated heterocycles. The topological polar surface area (TPSA) is 34.2 Å². The summed E-state index contributed by atoms with van der Waals surface area (Å²) in [4.78, 5) is 5.41. The van der Waals surface area contributed by atoms with Gasteiger partial charge in [-0.15, -0.1) is 11.3 Å². The molecule has 0 saturated carbocycles. The number of halogens is 2. The smallest absolute Gasteiger partial charge is 0.136 e. The standard InChI is InChI=1S/C14H16F2N2OS/c1-3-17-7-13-12(8-19-2)18-14(20-13)10-5-4-9(15)6-11(10)16/h4-6,17H,3,7-8H2,1-2H3. The lowest BCUT2D eigenvalue weighted by Crippen LogP contribution is -2.12. The van der Waals surface area contributed by atoms with E-state index in [1.54, 1.807) is 7.11 Å². The van der Waals surface area contributed by atoms with E-state index in [-0.39, 0.29) is 0 Å². The van der Waals surface area contributed by atoms with Gasteiger partial charge in [-0.2, -0.15) is 0 Å². The maximum absolute atomic E-state index is 13.8. The second kappa shape index (κ2) is 6.88. The van der Waals surface area contributed by atoms with E-state index in [0.717, 1.165) is 23.2 Å². The molecular formula is C14H16F2N2OS. The third-order valence-corrected chi connectivity index (χ3v) is 3.89. The third-order valence-electron chi connectivity index (χ3n) is 2.76. The molecule has 1 heterocycles. The molecule has 0 unspecified atom stereocenters. The van der Waals surface area contributed by atoms with Gasteiger partial charge in [0.1, 0.15) is 16.6 Å². The maximum atomic E-state index is 13.8. The minimum absolute atomic E-state index is 0.316. The van der Waals surface area contributed by atoms with Gasteiger partial charge in [0, 0.05) is 30.2 Å². The molecule has 1 aromatic carbocycles. The van der Waals surface area contributed by atoms with Crippen molar-refractivity contribution < 1.29 is 13.5 Å². The van der Waals surface area contributed by atoms with E-state index >= 15 is 0 Å². The van der Waals surface area contributed by atoms with Gasteiger partial charge in [0.05, 0.1) is 12.3 Å². The SMILES string of the molecule is CCNCc1sc(-c2ccc(F)cc2F)nc1COC. The van der Waals surface area contributed by atoms with Crippen LogP contribution in [0.2, 0.25) is 0 Å². The molecule has 108 valence electrons. The molecule has 0 aliphatic carbocycles. The molecular weight excluding hydrogens is 282 g/mol. The van der Waals surface area contributed by atoms with E-state index in [2.05, 4.69) is 10.3 Å². The summed E-state index contributed by atoms with van der Waals surface area (Å²) >= 11 is 1.40. The number of nitrogens with zero attached hydrogens (tertiary/aromatic N) is 1. The van der Waals surface area contributed by atoms with E-state index in [0.29, 0.717) is 23.7 Å². The fourth-order valence-electron chi connectivity index (χ4n) is 1.79. The highest BCUT2D eigenvalue weighted by Gasteiger charge is 2.15. The predicted octanol–water partition coefficient (Wildman–Crippen LogP) is 3.34. The zero-order chi connectivity index (χ0) is 14.5. The number of aromatic nitrogens is 1. The lowest BCUT2D eigenvalue weighted by molar-refractivity contribution is 0.181. The first-order chi connectivity index (χ1) is 9.65. The quantitative estimate of drug-likeness (QED) is 0.888. The van der Waals surface area contributed by atoms with Gasteiger partial charge in [-0.25, -0.2) is 13.8 Å². The van der Waals surface area contributed by atoms with E-state index in [1.165, 1.54) is 23.5 Å². The summed E-state index contributed by atoms with van der Waals surface area (Å²) in [7, 11) is 1.59. The molecule has 0 aliphatic rings. The van der Waals surface area contributed by atoms with Crippen LogP contribution in [0.4, 0.5) is 8.78 Å². The van der Waals surface area contributed by atoms with Gasteiger partial charge < -0.3 is 10.1 Å². The molecule has 6 heteroatoms. The van der Waals surface area contributed by atoms with Gasteiger partial charge in [0.2, 0.25) is 0 Å². The van der Waals surface area contributed by atoms with Crippen molar-refractivity contribution in [2.45, 2.75) is 20.1 Å². The number of thiazole rings is 1. The highest BCUT2D eigenvalue weighted by atomic mass is 32.1. The molecule has 0 bridgehead atoms. The van der Waals surface area contributed by atoms with Crippen LogP contribution in [0.25, 0.3) is 10.6 Å². The molecule has 0 fully saturated rings. The van der Waals surface area contributed by atoms with Crippen molar-refractivity contribution >= 4 is 11.3 Å². The molecule has 0 aliphatic heterocycles. The number of ether oxygens (including phenoxy) is 1. The lowest BCUT2D eigenvalue weighted by Gasteiger charge is -2.00. The Hall–Kier alpha value is -1.37. The zero-order valence-electron chi connectivity index (χ0n) is 11.4. The summed E-state index contributed by atoms with van der Waals surface area (Å²) in [6, 6.07) is 3.52. The molecule has 0 atom stereocenters. The van der Waals surface area contributed by atoms with E-state index in [4.69, 9.17) is 4.74 Å². The third kappa shape index (κ3) is 3.39. The van der Waals surface area contributed by atoms with Crippen LogP contribution in [0.3, 0.4) is 0 Å². The molecule has 3 nitrogen and oxygen atoms in total. The Morgan fingerprint density at radius 3 is 2.80 bits per heavy atom. The van der Waals surface area contributed by atoms with Crippen molar-refractivity contribution in [3.05, 3.63) is 40.4 Å². The second-order valence-electron chi connectivity index (χ2n) is 4.23. The number of nitrogens with one attached hydrogen (secondary N) is 1. The van der Waals surface area contributed by atoms with E-state index < -0.39 is 11.6 Å². The first kappa shape index (κ1) is 15.0. The Labute approximate surface area is 120 Å². The monoisotopic (exact) mass is 298 g/mol. The Morgan fingerprint density at radius 1 is 1.35 bits per heavy atom. The van der Waals surface area contributed by atoms with Gasteiger partial charge in [-0.1, -0.05) is 6.92 Å². The van der Waals surface area contributed by atoms with Crippen molar-refractivity contribution in [3.8, 4) is 10.6 Å². The van der Waals surface area contributed by atoms with Crippen LogP contribution in [-0.4, -0.2) is 18.6 Å². The first-order valence-electron chi connectivity index (χ1n) is 6.29. The molecule has 1 aromatic heterocycles. The number of methoxy groups -OCH3 is 1. The Bertz CT molecular complexity index is 587. The highest BCUT2D eigenvalue weighted by molar-refractivity contribution is 7.15. The predicted molar refractivity (Wildman–Crippen MR) is 75.6 cm³/mol. The van der Waals surface area contributed by atoms with Crippen LogP contribution >= 0.6 is 11.3 Å². The fraction of sp³-hybridized carbons (Fsp3) is 0.357. The van der Waals surface area contributed by atoms with Crippen LogP contribution in [0.5, 0.6) is 0 Å². The second-order valence-corrected chi connectivity index (χ2v) is 5.31. The number of benzene rings is 1. The van der Waals surface area contributed by atoms with Crippen LogP contribution in [-0.2, 0) is 17.9 Å². The van der Waals surface area contributed by atoms with Gasteiger partial charge in [-0.3, -0.25) is 0 Å². The summed E-state index contributed by atoms with van der Waals surface area (Å²) in [5.74, 6) is -1.19. The van der Waals surface area contributed by atoms with Crippen molar-refractivity contribution in [1.29, 1.82) is 0 Å². The zero-order valence-corrected chi connectivity index (χ0v) is 12.2. The largest absolute Gasteiger partial charge is 0.378 e. The summed E-state index contributed by atoms with van der Waals surface area (Å²) in [5.41, 5.74) is 1.11. The summed E-state index contributed by atoms with van der Waals surface area (Å²) in [6.45, 7) is 3.89. The minimum atomic E-state index is -0.599. The van der Waals surface area contributed by atoms with Crippen LogP contribution < -0.4 is 5.32 Å². The Morgan fingerprint density at radius 2 is 2.15 bits per heavy atom. The lowest BCUT2D eigenvalue weighted by atomic mass is 10.2. The van der Waals surface area contributed by atoms with E-state index in [1.807, 2.05) is 6.92 Å². The van der Waals surface area contributed by atoms with Crippen molar-refractivity contribution in [3.63, 3.8) is 0 Å². The fourth-order valence-corrected chi connectivity index (χ4v) is 2.85. The first-order valence-corrected chi connectivity index (χ1v) is 7.11. The molecule has 0 spiro atoms. The van der Waals surface area contributed by atoms with Gasteiger partial charge >= 0.3 is 0 Å². The van der Waals surface area contributed by atoms with Gasteiger partial charge in [0.15, 0.2) is 0 Å². The molecule has 2 aromatic rings. The Kier molecular flexibility index (Phi) is 5.17. The average molecular weight is 298 g/mol. The highest BCUT2D eigenvalue weighted by Crippen LogP contribution is 2.30. The molecule has 20 heavy (non-hydrogen) atoms. The van der Waals surface area contributed by atoms with Crippen molar-refractivity contribution in [2.24, 2.45) is 0 Å². The van der Waals surface area contributed by atoms with Crippen molar-refractivity contribution in [2.75, 3.05) is 13.7 Å². The molecule has 0 radical (unpaired) electrons. The van der Waals surface area contributed by atoms with Gasteiger partial charge in [0.25, 0.3) is 0 Å². The number of hydrogen-bond donors (Lipinski definition) is 1. The average Bonchev–Trinajstić information content (AvgIpc) is 2.80. The van der Waals surface area contributed by atoms with Gasteiger partial charge in [-0.05, 0) is 18.7 Å². The maximum Gasteiger partial charge on any atom is 0.136 e. The molecule has 1 N–H and O–H groups in total. The minimum Gasteiger partial charge on any atom is -0.378 e. The summed E-state index contributed by atoms with van der Waals surface area (Å²) in [5, 5.41) is 3.76. The molecule has 0 amide bonds. The molecule has 2 rings (SSSR count). The van der Waals surface area contributed by atoms with Crippen LogP contribution in [0.1, 0.15) is 17.5 Å². The van der Waals surface area contributed by atoms with Crippen molar-refractivity contribution in [1.82, 2.24) is 10.3 Å². The Balaban J connectivity index is 2.36. The van der Waals surface area contributed by atoms with Crippen LogP contribution in [0.15, 0.2) is 18.2 Å². The number of rotatable bonds is 6. The summed E-state index contributed by atoms with van der Waals surface area (Å²) < 4.78 is 31.9. The normalized spacial score (nSPS) is 11.0. The van der Waals surface area contributed by atoms with E-state index in [9.17, 15) is 8.78 Å². The van der Waals surface area contributed by atoms with Crippen LogP contribution in [0, 0.1) is 11.6 Å². The summed E-state index contributed by atoms with van der Waals surface area (Å²) in [6.07, 6.45) is 0.